The highest BCUT2D eigenvalue weighted by atomic mass is 35.5. The van der Waals surface area contributed by atoms with Gasteiger partial charge >= 0.3 is 18.5 Å². The number of benzene rings is 2. The van der Waals surface area contributed by atoms with E-state index in [0.717, 1.165) is 18.9 Å². The number of hydrogen-bond acceptors (Lipinski definition) is 8. The molecule has 20 heteroatoms. The van der Waals surface area contributed by atoms with Crippen molar-refractivity contribution < 1.29 is 41.8 Å². The number of rotatable bonds is 10. The Morgan fingerprint density at radius 2 is 1.63 bits per heavy atom. The van der Waals surface area contributed by atoms with Gasteiger partial charge in [0.1, 0.15) is 21.4 Å². The number of carbonyl (C=O) groups excluding carboxylic acids is 4. The molecular weight excluding hydrogens is 876 g/mol. The predicted octanol–water partition coefficient (Wildman–Crippen LogP) is 8.06. The summed E-state index contributed by atoms with van der Waals surface area (Å²) in [6.07, 6.45) is -1.08. The Morgan fingerprint density at radius 3 is 2.23 bits per heavy atom. The van der Waals surface area contributed by atoms with Gasteiger partial charge in [0.05, 0.1) is 41.7 Å². The number of methoxy groups -OCH3 is 1. The van der Waals surface area contributed by atoms with E-state index in [1.54, 1.807) is 54.1 Å². The van der Waals surface area contributed by atoms with Crippen molar-refractivity contribution in [3.63, 3.8) is 0 Å². The summed E-state index contributed by atoms with van der Waals surface area (Å²) in [5, 5.41) is 5.36. The molecule has 3 saturated heterocycles. The Labute approximate surface area is 372 Å². The quantitative estimate of drug-likeness (QED) is 0.173. The van der Waals surface area contributed by atoms with Gasteiger partial charge in [-0.2, -0.15) is 0 Å². The molecular formula is C42H50Cl3F3N8O6. The maximum Gasteiger partial charge on any atom is 0.573 e. The molecule has 4 aliphatic rings. The number of anilines is 1. The molecule has 0 bridgehead atoms. The summed E-state index contributed by atoms with van der Waals surface area (Å²) >= 11 is 18.8. The highest BCUT2D eigenvalue weighted by Gasteiger charge is 2.57. The van der Waals surface area contributed by atoms with E-state index in [1.807, 2.05) is 11.8 Å². The molecule has 0 spiro atoms. The van der Waals surface area contributed by atoms with E-state index in [4.69, 9.17) is 39.5 Å². The van der Waals surface area contributed by atoms with Gasteiger partial charge in [-0.3, -0.25) is 14.5 Å². The van der Waals surface area contributed by atoms with Crippen LogP contribution in [0.25, 0.3) is 22.4 Å². The Morgan fingerprint density at radius 1 is 0.984 bits per heavy atom. The molecule has 0 radical (unpaired) electrons. The summed E-state index contributed by atoms with van der Waals surface area (Å²) in [5.74, 6) is -0.430. The number of urea groups is 1. The number of aromatic nitrogens is 2. The fraction of sp³-hybridized carbons (Fsp3) is 0.548. The monoisotopic (exact) mass is 924 g/mol. The second-order valence-corrected chi connectivity index (χ2v) is 18.7. The van der Waals surface area contributed by atoms with Crippen molar-refractivity contribution in [1.29, 1.82) is 0 Å². The molecule has 4 heterocycles. The fourth-order valence-electron chi connectivity index (χ4n) is 8.62. The van der Waals surface area contributed by atoms with Crippen LogP contribution in [0, 0.1) is 11.8 Å². The highest BCUT2D eigenvalue weighted by molar-refractivity contribution is 6.52. The summed E-state index contributed by atoms with van der Waals surface area (Å²) in [4.78, 5) is 67.3. The third-order valence-electron chi connectivity index (χ3n) is 12.5. The van der Waals surface area contributed by atoms with E-state index < -0.39 is 34.1 Å². The smallest absolute Gasteiger partial charge is 0.453 e. The number of aromatic amines is 1. The number of nitrogens with one attached hydrogen (secondary N) is 3. The van der Waals surface area contributed by atoms with Crippen molar-refractivity contribution in [2.75, 3.05) is 58.2 Å². The van der Waals surface area contributed by atoms with Crippen LogP contribution in [0.4, 0.5) is 28.4 Å². The predicted molar refractivity (Wildman–Crippen MR) is 228 cm³/mol. The summed E-state index contributed by atoms with van der Waals surface area (Å²) in [6, 6.07) is 8.43. The zero-order chi connectivity index (χ0) is 44.7. The van der Waals surface area contributed by atoms with Crippen LogP contribution in [-0.2, 0) is 14.3 Å². The Kier molecular flexibility index (Phi) is 13.2. The minimum absolute atomic E-state index is 0.00402. The number of imidazole rings is 1. The lowest BCUT2D eigenvalue weighted by Crippen LogP contribution is -2.57. The number of piperidine rings is 1. The zero-order valence-corrected chi connectivity index (χ0v) is 37.1. The third-order valence-corrected chi connectivity index (χ3v) is 13.6. The normalized spacial score (nSPS) is 22.8. The minimum atomic E-state index is -5.04. The molecule has 1 aromatic heterocycles. The van der Waals surface area contributed by atoms with Crippen molar-refractivity contribution in [1.82, 2.24) is 34.9 Å². The van der Waals surface area contributed by atoms with E-state index >= 15 is 0 Å². The van der Waals surface area contributed by atoms with Crippen LogP contribution in [0.15, 0.2) is 42.6 Å². The van der Waals surface area contributed by atoms with Crippen LogP contribution in [0.2, 0.25) is 5.02 Å². The molecule has 336 valence electrons. The molecule has 7 rings (SSSR count). The first-order valence-electron chi connectivity index (χ1n) is 20.7. The SMILES string of the molecule is CC[C@](C)(NC(=O)OC)C(=O)N1CC(C)CC1c1ncc(-c2ccc(-c3cc(Cl)c(NC(=O)N4CCN(C5CCN(C(=O)C6CC6(Cl)Cl)CC5)CC4)cc3OC(F)(F)F)cc2)[nH]1. The molecule has 4 fully saturated rings. The van der Waals surface area contributed by atoms with Gasteiger partial charge in [-0.25, -0.2) is 14.6 Å². The van der Waals surface area contributed by atoms with Gasteiger partial charge in [0, 0.05) is 63.5 Å². The average Bonchev–Trinajstić information content (AvgIpc) is 3.52. The summed E-state index contributed by atoms with van der Waals surface area (Å²) in [5.41, 5.74) is 0.496. The first-order chi connectivity index (χ1) is 29.3. The Hall–Kier alpha value is -4.45. The standard InChI is InChI=1S/C42H50Cl3F3N8O6/c1-5-40(3,52-39(60)61-4)37(58)56-23-24(2)18-33(56)35-49-22-32(50-35)26-8-6-25(7-9-26)28-19-30(43)31(20-34(28)62-42(46,47)48)51-38(59)55-16-14-53(15-17-55)27-10-12-54(13-11-27)36(57)29-21-41(29,44)45/h6-9,19-20,22,24,27,29,33H,5,10-18,21,23H2,1-4H3,(H,49,50)(H,51,59)(H,52,60)/t24?,29?,33?,40-/m0/s1. The van der Waals surface area contributed by atoms with Gasteiger partial charge in [-0.15, -0.1) is 36.4 Å². The number of ether oxygens (including phenoxy) is 2. The van der Waals surface area contributed by atoms with E-state index in [-0.39, 0.29) is 52.0 Å². The average molecular weight is 926 g/mol. The number of likely N-dealkylation sites (tertiary alicyclic amines) is 2. The van der Waals surface area contributed by atoms with Crippen LogP contribution in [0.1, 0.15) is 64.7 Å². The van der Waals surface area contributed by atoms with Crippen molar-refractivity contribution in [2.45, 2.75) is 81.2 Å². The van der Waals surface area contributed by atoms with Gasteiger partial charge in [0.2, 0.25) is 11.8 Å². The lowest BCUT2D eigenvalue weighted by atomic mass is 9.96. The van der Waals surface area contributed by atoms with Crippen LogP contribution in [-0.4, -0.2) is 129 Å². The van der Waals surface area contributed by atoms with E-state index in [0.29, 0.717) is 87.7 Å². The van der Waals surface area contributed by atoms with E-state index in [9.17, 15) is 32.3 Å². The number of carbonyl (C=O) groups is 4. The molecule has 5 amide bonds. The van der Waals surface area contributed by atoms with Crippen LogP contribution in [0.3, 0.4) is 0 Å². The number of piperazine rings is 1. The van der Waals surface area contributed by atoms with Crippen LogP contribution < -0.4 is 15.4 Å². The number of nitrogens with zero attached hydrogens (tertiary/aromatic N) is 5. The van der Waals surface area contributed by atoms with Crippen LogP contribution in [0.5, 0.6) is 5.75 Å². The lowest BCUT2D eigenvalue weighted by molar-refractivity contribution is -0.274. The van der Waals surface area contributed by atoms with Gasteiger partial charge < -0.3 is 39.8 Å². The number of alkyl halides is 5. The second-order valence-electron chi connectivity index (χ2n) is 16.8. The molecule has 62 heavy (non-hydrogen) atoms. The van der Waals surface area contributed by atoms with Gasteiger partial charge in [-0.1, -0.05) is 49.7 Å². The summed E-state index contributed by atoms with van der Waals surface area (Å²) < 4.78 is 49.6. The van der Waals surface area contributed by atoms with Gasteiger partial charge in [0.15, 0.2) is 0 Å². The van der Waals surface area contributed by atoms with Crippen LogP contribution >= 0.6 is 34.8 Å². The topological polar surface area (TPSA) is 152 Å². The maximum atomic E-state index is 13.8. The Balaban J connectivity index is 0.996. The molecule has 3 aromatic rings. The largest absolute Gasteiger partial charge is 0.573 e. The molecule has 3 aliphatic heterocycles. The van der Waals surface area contributed by atoms with E-state index in [2.05, 4.69) is 30.2 Å². The number of halogens is 6. The molecule has 4 atom stereocenters. The Bertz CT molecular complexity index is 2160. The number of H-pyrrole nitrogens is 1. The zero-order valence-electron chi connectivity index (χ0n) is 34.8. The first-order valence-corrected chi connectivity index (χ1v) is 21.8. The van der Waals surface area contributed by atoms with Gasteiger partial charge in [0.25, 0.3) is 0 Å². The third kappa shape index (κ3) is 10.0. The molecule has 2 aromatic carbocycles. The lowest BCUT2D eigenvalue weighted by Gasteiger charge is -2.42. The second kappa shape index (κ2) is 18.0. The molecule has 14 nitrogen and oxygen atoms in total. The van der Waals surface area contributed by atoms with E-state index in [1.165, 1.54) is 13.2 Å². The molecule has 3 unspecified atom stereocenters. The maximum absolute atomic E-state index is 13.8. The molecule has 1 aliphatic carbocycles. The number of hydrogen-bond donors (Lipinski definition) is 3. The highest BCUT2D eigenvalue weighted by Crippen LogP contribution is 2.54. The number of amides is 5. The minimum Gasteiger partial charge on any atom is -0.453 e. The van der Waals surface area contributed by atoms with Crippen molar-refractivity contribution >= 4 is 64.4 Å². The van der Waals surface area contributed by atoms with Crippen molar-refractivity contribution in [2.24, 2.45) is 11.8 Å². The number of alkyl carbamates (subject to hydrolysis) is 1. The fourth-order valence-corrected chi connectivity index (χ4v) is 9.33. The molecule has 3 N–H and O–H groups in total. The summed E-state index contributed by atoms with van der Waals surface area (Å²) in [7, 11) is 1.24. The first kappa shape index (κ1) is 45.6. The molecule has 1 saturated carbocycles. The van der Waals surface area contributed by atoms with Gasteiger partial charge in [-0.05, 0) is 62.1 Å². The van der Waals surface area contributed by atoms with Crippen molar-refractivity contribution in [3.05, 3.63) is 53.4 Å². The summed E-state index contributed by atoms with van der Waals surface area (Å²) in [6.45, 7) is 9.17. The van der Waals surface area contributed by atoms with Crippen molar-refractivity contribution in [3.8, 4) is 28.1 Å².